The van der Waals surface area contributed by atoms with Gasteiger partial charge in [-0.3, -0.25) is 4.79 Å². The van der Waals surface area contributed by atoms with Crippen LogP contribution in [0, 0.1) is 5.82 Å². The molecule has 0 spiro atoms. The lowest BCUT2D eigenvalue weighted by atomic mass is 10.2. The van der Waals surface area contributed by atoms with Crippen LogP contribution in [0.25, 0.3) is 5.65 Å². The van der Waals surface area contributed by atoms with Gasteiger partial charge in [0.1, 0.15) is 29.6 Å². The summed E-state index contributed by atoms with van der Waals surface area (Å²) in [6.45, 7) is 2.44. The minimum atomic E-state index is -0.337. The lowest BCUT2D eigenvalue weighted by molar-refractivity contribution is 0.0928. The van der Waals surface area contributed by atoms with Gasteiger partial charge in [-0.05, 0) is 31.2 Å². The molecule has 2 aromatic heterocycles. The fourth-order valence-corrected chi connectivity index (χ4v) is 2.70. The second kappa shape index (κ2) is 6.04. The standard InChI is InChI=1S/C17H16FN5O2/c1-10-9-25-14-3-2-12(18)6-11(14)7-19-15-4-5-23-16(22-15)13(8-20-23)17(24)21-10/h2-6,8,10H,7,9H2,1H3,(H,19,22)(H,21,24)/t10-/m0/s1. The molecule has 0 unspecified atom stereocenters. The van der Waals surface area contributed by atoms with Crippen molar-refractivity contribution in [2.75, 3.05) is 11.9 Å². The zero-order chi connectivity index (χ0) is 17.4. The summed E-state index contributed by atoms with van der Waals surface area (Å²) in [7, 11) is 0. The Balaban J connectivity index is 1.77. The van der Waals surface area contributed by atoms with Crippen molar-refractivity contribution in [2.24, 2.45) is 0 Å². The molecule has 128 valence electrons. The average Bonchev–Trinajstić information content (AvgIpc) is 3.01. The number of ether oxygens (including phenoxy) is 1. The molecule has 1 atom stereocenters. The van der Waals surface area contributed by atoms with E-state index in [0.717, 1.165) is 0 Å². The highest BCUT2D eigenvalue weighted by atomic mass is 19.1. The SMILES string of the molecule is C[C@H]1COc2ccc(F)cc2CNc2ccn3ncc(c3n2)C(=O)N1. The number of halogens is 1. The van der Waals surface area contributed by atoms with Crippen molar-refractivity contribution in [3.8, 4) is 5.75 Å². The Kier molecular flexibility index (Phi) is 3.72. The molecule has 25 heavy (non-hydrogen) atoms. The maximum atomic E-state index is 13.6. The van der Waals surface area contributed by atoms with Crippen molar-refractivity contribution >= 4 is 17.4 Å². The number of carbonyl (C=O) groups is 1. The molecule has 0 saturated heterocycles. The number of carbonyl (C=O) groups excluding carboxylic acids is 1. The topological polar surface area (TPSA) is 80.6 Å². The summed E-state index contributed by atoms with van der Waals surface area (Å²) in [5, 5.41) is 10.1. The number of nitrogens with one attached hydrogen (secondary N) is 2. The van der Waals surface area contributed by atoms with Gasteiger partial charge in [-0.15, -0.1) is 0 Å². The van der Waals surface area contributed by atoms with Crippen LogP contribution in [-0.4, -0.2) is 33.2 Å². The third-order valence-electron chi connectivity index (χ3n) is 3.96. The van der Waals surface area contributed by atoms with E-state index in [0.29, 0.717) is 34.9 Å². The zero-order valence-electron chi connectivity index (χ0n) is 13.5. The predicted molar refractivity (Wildman–Crippen MR) is 89.1 cm³/mol. The van der Waals surface area contributed by atoms with Crippen LogP contribution >= 0.6 is 0 Å². The summed E-state index contributed by atoms with van der Waals surface area (Å²) in [5.74, 6) is 0.522. The minimum Gasteiger partial charge on any atom is -0.491 e. The van der Waals surface area contributed by atoms with E-state index in [9.17, 15) is 9.18 Å². The second-order valence-corrected chi connectivity index (χ2v) is 5.93. The molecule has 0 fully saturated rings. The van der Waals surface area contributed by atoms with Gasteiger partial charge in [-0.2, -0.15) is 5.10 Å². The van der Waals surface area contributed by atoms with Gasteiger partial charge in [0.25, 0.3) is 5.91 Å². The minimum absolute atomic E-state index is 0.239. The molecule has 4 rings (SSSR count). The molecule has 0 saturated carbocycles. The van der Waals surface area contributed by atoms with Crippen LogP contribution < -0.4 is 15.4 Å². The van der Waals surface area contributed by atoms with Crippen molar-refractivity contribution in [2.45, 2.75) is 19.5 Å². The molecule has 2 bridgehead atoms. The van der Waals surface area contributed by atoms with E-state index < -0.39 is 0 Å². The fourth-order valence-electron chi connectivity index (χ4n) is 2.70. The second-order valence-electron chi connectivity index (χ2n) is 5.93. The molecule has 1 aliphatic rings. The van der Waals surface area contributed by atoms with Crippen LogP contribution in [-0.2, 0) is 6.54 Å². The van der Waals surface area contributed by atoms with E-state index in [1.165, 1.54) is 22.8 Å². The summed E-state index contributed by atoms with van der Waals surface area (Å²) in [6, 6.07) is 5.86. The average molecular weight is 341 g/mol. The predicted octanol–water partition coefficient (Wildman–Crippen LogP) is 1.99. The Morgan fingerprint density at radius 2 is 2.24 bits per heavy atom. The molecule has 7 nitrogen and oxygen atoms in total. The maximum absolute atomic E-state index is 13.6. The molecule has 2 N–H and O–H groups in total. The van der Waals surface area contributed by atoms with Gasteiger partial charge in [0, 0.05) is 18.3 Å². The molecule has 0 radical (unpaired) electrons. The Morgan fingerprint density at radius 3 is 3.12 bits per heavy atom. The number of benzene rings is 1. The van der Waals surface area contributed by atoms with Crippen LogP contribution in [0.5, 0.6) is 5.75 Å². The molecule has 1 aliphatic heterocycles. The monoisotopic (exact) mass is 341 g/mol. The number of amides is 1. The number of hydrogen-bond acceptors (Lipinski definition) is 5. The van der Waals surface area contributed by atoms with E-state index in [1.54, 1.807) is 18.3 Å². The van der Waals surface area contributed by atoms with Crippen molar-refractivity contribution in [1.82, 2.24) is 19.9 Å². The number of anilines is 1. The third kappa shape index (κ3) is 2.98. The van der Waals surface area contributed by atoms with E-state index in [2.05, 4.69) is 20.7 Å². The summed E-state index contributed by atoms with van der Waals surface area (Å²) >= 11 is 0. The van der Waals surface area contributed by atoms with Gasteiger partial charge in [0.2, 0.25) is 0 Å². The normalized spacial score (nSPS) is 17.5. The van der Waals surface area contributed by atoms with Crippen LogP contribution in [0.3, 0.4) is 0 Å². The van der Waals surface area contributed by atoms with Gasteiger partial charge >= 0.3 is 0 Å². The Labute approximate surface area is 142 Å². The number of rotatable bonds is 0. The summed E-state index contributed by atoms with van der Waals surface area (Å²) < 4.78 is 20.9. The first-order valence-corrected chi connectivity index (χ1v) is 7.90. The Bertz CT molecular complexity index is 955. The fraction of sp³-hybridized carbons (Fsp3) is 0.235. The molecular formula is C17H16FN5O2. The highest BCUT2D eigenvalue weighted by Crippen LogP contribution is 2.22. The zero-order valence-corrected chi connectivity index (χ0v) is 13.5. The lowest BCUT2D eigenvalue weighted by Gasteiger charge is -2.16. The highest BCUT2D eigenvalue weighted by molar-refractivity contribution is 5.99. The molecule has 3 aromatic rings. The van der Waals surface area contributed by atoms with Gasteiger partial charge < -0.3 is 15.4 Å². The first kappa shape index (κ1) is 15.4. The Morgan fingerprint density at radius 1 is 1.36 bits per heavy atom. The largest absolute Gasteiger partial charge is 0.491 e. The van der Waals surface area contributed by atoms with E-state index in [-0.39, 0.29) is 24.4 Å². The van der Waals surface area contributed by atoms with Gasteiger partial charge in [0.15, 0.2) is 5.65 Å². The highest BCUT2D eigenvalue weighted by Gasteiger charge is 2.18. The molecular weight excluding hydrogens is 325 g/mol. The lowest BCUT2D eigenvalue weighted by Crippen LogP contribution is -2.36. The first-order chi connectivity index (χ1) is 12.1. The molecule has 8 heteroatoms. The van der Waals surface area contributed by atoms with E-state index >= 15 is 0 Å². The van der Waals surface area contributed by atoms with Crippen LogP contribution in [0.1, 0.15) is 22.8 Å². The van der Waals surface area contributed by atoms with Crippen LogP contribution in [0.4, 0.5) is 10.2 Å². The smallest absolute Gasteiger partial charge is 0.257 e. The first-order valence-electron chi connectivity index (χ1n) is 7.90. The van der Waals surface area contributed by atoms with E-state index in [1.807, 2.05) is 6.92 Å². The number of fused-ring (bicyclic) bond motifs is 2. The van der Waals surface area contributed by atoms with E-state index in [4.69, 9.17) is 4.74 Å². The molecule has 1 amide bonds. The van der Waals surface area contributed by atoms with Gasteiger partial charge in [-0.25, -0.2) is 13.9 Å². The van der Waals surface area contributed by atoms with Crippen molar-refractivity contribution in [3.63, 3.8) is 0 Å². The van der Waals surface area contributed by atoms with Crippen LogP contribution in [0.15, 0.2) is 36.7 Å². The van der Waals surface area contributed by atoms with Gasteiger partial charge in [0.05, 0.1) is 12.2 Å². The number of hydrogen-bond donors (Lipinski definition) is 2. The van der Waals surface area contributed by atoms with Crippen molar-refractivity contribution in [1.29, 1.82) is 0 Å². The summed E-state index contributed by atoms with van der Waals surface area (Å²) in [5.41, 5.74) is 1.51. The summed E-state index contributed by atoms with van der Waals surface area (Å²) in [4.78, 5) is 16.9. The van der Waals surface area contributed by atoms with Crippen LogP contribution in [0.2, 0.25) is 0 Å². The molecule has 1 aromatic carbocycles. The quantitative estimate of drug-likeness (QED) is 0.654. The molecule has 3 heterocycles. The number of aromatic nitrogens is 3. The number of nitrogens with zero attached hydrogens (tertiary/aromatic N) is 3. The third-order valence-corrected chi connectivity index (χ3v) is 3.96. The summed E-state index contributed by atoms with van der Waals surface area (Å²) in [6.07, 6.45) is 3.20. The maximum Gasteiger partial charge on any atom is 0.257 e. The van der Waals surface area contributed by atoms with Crippen molar-refractivity contribution in [3.05, 3.63) is 53.6 Å². The van der Waals surface area contributed by atoms with Crippen molar-refractivity contribution < 1.29 is 13.9 Å². The van der Waals surface area contributed by atoms with Gasteiger partial charge in [-0.1, -0.05) is 0 Å². The molecule has 0 aliphatic carbocycles. The Hall–Kier alpha value is -3.16.